The van der Waals surface area contributed by atoms with E-state index in [1.807, 2.05) is 0 Å². The summed E-state index contributed by atoms with van der Waals surface area (Å²) in [4.78, 5) is 16.7. The van der Waals surface area contributed by atoms with Crippen molar-refractivity contribution in [2.75, 3.05) is 6.54 Å². The maximum Gasteiger partial charge on any atom is 0.471 e. The van der Waals surface area contributed by atoms with Gasteiger partial charge >= 0.3 is 12.1 Å². The van der Waals surface area contributed by atoms with Gasteiger partial charge in [0.2, 0.25) is 0 Å². The standard InChI is InChI=1S/C15H13F3N2O2S/c16-15(17,18)14(22)20-6-2-5-12(20)11-8-23-13(19-11)9-3-1-4-10(21)7-9/h1,3-4,7-8,12,21H,2,5-6H2/t12-/m1/s1. The molecule has 0 unspecified atom stereocenters. The first-order chi connectivity index (χ1) is 10.9. The van der Waals surface area contributed by atoms with E-state index in [1.54, 1.807) is 17.5 Å². The van der Waals surface area contributed by atoms with Gasteiger partial charge in [-0.15, -0.1) is 11.3 Å². The maximum atomic E-state index is 12.7. The van der Waals surface area contributed by atoms with Crippen LogP contribution in [0.1, 0.15) is 24.6 Å². The third kappa shape index (κ3) is 3.17. The van der Waals surface area contributed by atoms with Crippen molar-refractivity contribution in [1.29, 1.82) is 0 Å². The second-order valence-electron chi connectivity index (χ2n) is 5.28. The van der Waals surface area contributed by atoms with Gasteiger partial charge in [0.05, 0.1) is 11.7 Å². The van der Waals surface area contributed by atoms with Crippen molar-refractivity contribution in [3.63, 3.8) is 0 Å². The third-order valence-electron chi connectivity index (χ3n) is 3.71. The van der Waals surface area contributed by atoms with Crippen molar-refractivity contribution in [1.82, 2.24) is 9.88 Å². The molecule has 8 heteroatoms. The van der Waals surface area contributed by atoms with Crippen molar-refractivity contribution in [2.45, 2.75) is 25.1 Å². The van der Waals surface area contributed by atoms with Gasteiger partial charge in [0.25, 0.3) is 0 Å². The number of carbonyl (C=O) groups excluding carboxylic acids is 1. The Bertz CT molecular complexity index is 730. The number of aromatic nitrogens is 1. The van der Waals surface area contributed by atoms with Crippen LogP contribution in [-0.2, 0) is 4.79 Å². The number of alkyl halides is 3. The lowest BCUT2D eigenvalue weighted by Gasteiger charge is -2.24. The Balaban J connectivity index is 1.86. The second-order valence-corrected chi connectivity index (χ2v) is 6.14. The number of nitrogens with zero attached hydrogens (tertiary/aromatic N) is 2. The highest BCUT2D eigenvalue weighted by Crippen LogP contribution is 2.37. The fraction of sp³-hybridized carbons (Fsp3) is 0.333. The van der Waals surface area contributed by atoms with E-state index in [2.05, 4.69) is 4.98 Å². The molecule has 1 aromatic carbocycles. The summed E-state index contributed by atoms with van der Waals surface area (Å²) in [5, 5.41) is 11.8. The molecule has 0 spiro atoms. The Morgan fingerprint density at radius 2 is 2.17 bits per heavy atom. The van der Waals surface area contributed by atoms with Gasteiger partial charge in [0, 0.05) is 17.5 Å². The Kier molecular flexibility index (Phi) is 4.01. The Labute approximate surface area is 134 Å². The first-order valence-electron chi connectivity index (χ1n) is 6.99. The minimum absolute atomic E-state index is 0.0853. The number of hydrogen-bond donors (Lipinski definition) is 1. The van der Waals surface area contributed by atoms with E-state index >= 15 is 0 Å². The molecule has 1 aliphatic rings. The van der Waals surface area contributed by atoms with Crippen molar-refractivity contribution in [2.24, 2.45) is 0 Å². The molecule has 2 aromatic rings. The summed E-state index contributed by atoms with van der Waals surface area (Å²) in [5.74, 6) is -1.72. The van der Waals surface area contributed by atoms with Crippen LogP contribution in [0, 0.1) is 0 Å². The first kappa shape index (κ1) is 15.8. The van der Waals surface area contributed by atoms with E-state index < -0.39 is 18.1 Å². The lowest BCUT2D eigenvalue weighted by atomic mass is 10.1. The van der Waals surface area contributed by atoms with Gasteiger partial charge in [-0.25, -0.2) is 4.98 Å². The Morgan fingerprint density at radius 3 is 2.87 bits per heavy atom. The van der Waals surface area contributed by atoms with Crippen molar-refractivity contribution < 1.29 is 23.1 Å². The lowest BCUT2D eigenvalue weighted by molar-refractivity contribution is -0.186. The average molecular weight is 342 g/mol. The van der Waals surface area contributed by atoms with Crippen LogP contribution in [-0.4, -0.2) is 33.6 Å². The molecule has 0 saturated carbocycles. The van der Waals surface area contributed by atoms with Crippen LogP contribution in [0.3, 0.4) is 0 Å². The number of phenols is 1. The van der Waals surface area contributed by atoms with E-state index in [9.17, 15) is 23.1 Å². The SMILES string of the molecule is O=C(N1CCC[C@@H]1c1csc(-c2cccc(O)c2)n1)C(F)(F)F. The number of rotatable bonds is 2. The zero-order valence-corrected chi connectivity index (χ0v) is 12.7. The molecule has 4 nitrogen and oxygen atoms in total. The van der Waals surface area contributed by atoms with E-state index in [1.165, 1.54) is 23.5 Å². The molecule has 0 bridgehead atoms. The van der Waals surface area contributed by atoms with Gasteiger partial charge in [-0.2, -0.15) is 13.2 Å². The second kappa shape index (κ2) is 5.84. The molecule has 1 N–H and O–H groups in total. The molecule has 1 atom stereocenters. The van der Waals surface area contributed by atoms with Crippen LogP contribution < -0.4 is 0 Å². The number of hydrogen-bond acceptors (Lipinski definition) is 4. The lowest BCUT2D eigenvalue weighted by Crippen LogP contribution is -2.40. The summed E-state index contributed by atoms with van der Waals surface area (Å²) in [7, 11) is 0. The fourth-order valence-electron chi connectivity index (χ4n) is 2.69. The zero-order chi connectivity index (χ0) is 16.6. The monoisotopic (exact) mass is 342 g/mol. The summed E-state index contributed by atoms with van der Waals surface area (Å²) < 4.78 is 38.0. The van der Waals surface area contributed by atoms with E-state index in [0.717, 1.165) is 4.90 Å². The van der Waals surface area contributed by atoms with Gasteiger partial charge in [-0.1, -0.05) is 12.1 Å². The molecule has 3 rings (SSSR count). The fourth-order valence-corrected chi connectivity index (χ4v) is 3.55. The quantitative estimate of drug-likeness (QED) is 0.904. The number of carbonyl (C=O) groups is 1. The van der Waals surface area contributed by atoms with E-state index in [4.69, 9.17) is 0 Å². The number of halogens is 3. The largest absolute Gasteiger partial charge is 0.508 e. The number of aromatic hydroxyl groups is 1. The number of thiazole rings is 1. The summed E-state index contributed by atoms with van der Waals surface area (Å²) in [6.45, 7) is 0.0853. The van der Waals surface area contributed by atoms with Gasteiger partial charge in [-0.05, 0) is 25.0 Å². The van der Waals surface area contributed by atoms with Crippen LogP contribution in [0.2, 0.25) is 0 Å². The van der Waals surface area contributed by atoms with E-state index in [-0.39, 0.29) is 12.3 Å². The average Bonchev–Trinajstić information content (AvgIpc) is 3.14. The van der Waals surface area contributed by atoms with Gasteiger partial charge in [0.15, 0.2) is 0 Å². The Morgan fingerprint density at radius 1 is 1.39 bits per heavy atom. The molecule has 1 aliphatic heterocycles. The highest BCUT2D eigenvalue weighted by Gasteiger charge is 2.46. The molecule has 1 saturated heterocycles. The summed E-state index contributed by atoms with van der Waals surface area (Å²) in [5.41, 5.74) is 1.15. The number of benzene rings is 1. The normalized spacial score (nSPS) is 18.4. The van der Waals surface area contributed by atoms with Crippen LogP contribution in [0.5, 0.6) is 5.75 Å². The van der Waals surface area contributed by atoms with Crippen molar-refractivity contribution >= 4 is 17.2 Å². The highest BCUT2D eigenvalue weighted by molar-refractivity contribution is 7.13. The number of amides is 1. The van der Waals surface area contributed by atoms with Crippen molar-refractivity contribution in [3.05, 3.63) is 35.3 Å². The van der Waals surface area contributed by atoms with E-state index in [0.29, 0.717) is 29.1 Å². The predicted octanol–water partition coefficient (Wildman–Crippen LogP) is 3.74. The highest BCUT2D eigenvalue weighted by atomic mass is 32.1. The van der Waals surface area contributed by atoms with Gasteiger partial charge in [0.1, 0.15) is 10.8 Å². The minimum Gasteiger partial charge on any atom is -0.508 e. The van der Waals surface area contributed by atoms with Crippen molar-refractivity contribution in [3.8, 4) is 16.3 Å². The smallest absolute Gasteiger partial charge is 0.471 e. The van der Waals surface area contributed by atoms with Crippen LogP contribution >= 0.6 is 11.3 Å². The molecule has 0 radical (unpaired) electrons. The van der Waals surface area contributed by atoms with Crippen LogP contribution in [0.25, 0.3) is 10.6 Å². The van der Waals surface area contributed by atoms with Gasteiger partial charge in [-0.3, -0.25) is 4.79 Å². The molecule has 23 heavy (non-hydrogen) atoms. The molecule has 0 aliphatic carbocycles. The minimum atomic E-state index is -4.87. The van der Waals surface area contributed by atoms with Crippen LogP contribution in [0.4, 0.5) is 13.2 Å². The van der Waals surface area contributed by atoms with Crippen LogP contribution in [0.15, 0.2) is 29.6 Å². The third-order valence-corrected chi connectivity index (χ3v) is 4.62. The molecule has 1 fully saturated rings. The maximum absolute atomic E-state index is 12.7. The molecule has 122 valence electrons. The number of likely N-dealkylation sites (tertiary alicyclic amines) is 1. The zero-order valence-electron chi connectivity index (χ0n) is 11.9. The first-order valence-corrected chi connectivity index (χ1v) is 7.87. The summed E-state index contributed by atoms with van der Waals surface area (Å²) in [6.07, 6.45) is -3.89. The van der Waals surface area contributed by atoms with Gasteiger partial charge < -0.3 is 10.0 Å². The topological polar surface area (TPSA) is 53.4 Å². The summed E-state index contributed by atoms with van der Waals surface area (Å²) in [6, 6.07) is 5.84. The number of phenolic OH excluding ortho intramolecular Hbond substituents is 1. The Hall–Kier alpha value is -2.09. The molecule has 1 aromatic heterocycles. The predicted molar refractivity (Wildman–Crippen MR) is 79.0 cm³/mol. The molecular formula is C15H13F3N2O2S. The molecular weight excluding hydrogens is 329 g/mol. The summed E-state index contributed by atoms with van der Waals surface area (Å²) >= 11 is 1.28. The molecule has 2 heterocycles. The molecule has 1 amide bonds.